The Morgan fingerprint density at radius 3 is 2.67 bits per heavy atom. The van der Waals surface area contributed by atoms with Crippen molar-refractivity contribution in [2.24, 2.45) is 5.92 Å². The van der Waals surface area contributed by atoms with Gasteiger partial charge in [-0.15, -0.1) is 0 Å². The van der Waals surface area contributed by atoms with E-state index >= 15 is 0 Å². The average Bonchev–Trinajstić information content (AvgIpc) is 2.81. The van der Waals surface area contributed by atoms with Crippen LogP contribution in [0.15, 0.2) is 12.5 Å². The predicted molar refractivity (Wildman–Crippen MR) is 71.1 cm³/mol. The molecule has 4 heteroatoms. The number of aromatic amines is 1. The molecule has 0 spiro atoms. The van der Waals surface area contributed by atoms with Crippen molar-refractivity contribution in [1.82, 2.24) is 15.3 Å². The topological polar surface area (TPSA) is 57.8 Å². The molecule has 0 unspecified atom stereocenters. The largest absolute Gasteiger partial charge is 0.355 e. The Bertz CT molecular complexity index is 340. The number of hydrogen-bond donors (Lipinski definition) is 2. The monoisotopic (exact) mass is 249 g/mol. The zero-order chi connectivity index (χ0) is 12.6. The van der Waals surface area contributed by atoms with Crippen LogP contribution in [0.3, 0.4) is 0 Å². The first kappa shape index (κ1) is 13.1. The highest BCUT2D eigenvalue weighted by atomic mass is 16.1. The van der Waals surface area contributed by atoms with Crippen LogP contribution in [0.5, 0.6) is 0 Å². The van der Waals surface area contributed by atoms with E-state index in [9.17, 15) is 4.79 Å². The summed E-state index contributed by atoms with van der Waals surface area (Å²) in [6.45, 7) is 0.706. The van der Waals surface area contributed by atoms with Gasteiger partial charge in [-0.1, -0.05) is 32.1 Å². The molecule has 1 fully saturated rings. The van der Waals surface area contributed by atoms with Gasteiger partial charge in [0.05, 0.1) is 6.33 Å². The first-order chi connectivity index (χ1) is 8.86. The van der Waals surface area contributed by atoms with E-state index in [0.29, 0.717) is 6.54 Å². The normalized spacial score (nSPS) is 18.0. The molecular weight excluding hydrogens is 226 g/mol. The number of imidazole rings is 1. The molecule has 2 N–H and O–H groups in total. The average molecular weight is 249 g/mol. The van der Waals surface area contributed by atoms with E-state index in [4.69, 9.17) is 0 Å². The van der Waals surface area contributed by atoms with Crippen LogP contribution in [-0.4, -0.2) is 22.4 Å². The molecule has 0 aromatic carbocycles. The van der Waals surface area contributed by atoms with E-state index in [1.54, 1.807) is 6.33 Å². The Hall–Kier alpha value is -1.32. The van der Waals surface area contributed by atoms with Crippen LogP contribution in [0.25, 0.3) is 0 Å². The third-order valence-electron chi connectivity index (χ3n) is 3.72. The summed E-state index contributed by atoms with van der Waals surface area (Å²) >= 11 is 0. The maximum atomic E-state index is 12.1. The number of aromatic nitrogens is 2. The van der Waals surface area contributed by atoms with Gasteiger partial charge in [-0.25, -0.2) is 4.98 Å². The van der Waals surface area contributed by atoms with Gasteiger partial charge in [0, 0.05) is 30.8 Å². The van der Waals surface area contributed by atoms with Crippen LogP contribution in [0.4, 0.5) is 0 Å². The van der Waals surface area contributed by atoms with E-state index in [-0.39, 0.29) is 11.8 Å². The summed E-state index contributed by atoms with van der Waals surface area (Å²) in [7, 11) is 0. The molecule has 100 valence electrons. The molecule has 0 saturated heterocycles. The molecule has 1 aromatic rings. The summed E-state index contributed by atoms with van der Waals surface area (Å²) in [5.74, 6) is 0.489. The second kappa shape index (κ2) is 7.19. The Morgan fingerprint density at radius 1 is 1.28 bits per heavy atom. The van der Waals surface area contributed by atoms with Gasteiger partial charge in [0.1, 0.15) is 0 Å². The van der Waals surface area contributed by atoms with Crippen LogP contribution in [0.2, 0.25) is 0 Å². The fraction of sp³-hybridized carbons (Fsp3) is 0.714. The Morgan fingerprint density at radius 2 is 2.00 bits per heavy atom. The third kappa shape index (κ3) is 4.17. The molecule has 1 saturated carbocycles. The first-order valence-electron chi connectivity index (χ1n) is 7.11. The SMILES string of the molecule is O=C(NCCc1cnc[nH]1)C1CCCCCCC1. The zero-order valence-electron chi connectivity index (χ0n) is 11.0. The van der Waals surface area contributed by atoms with Crippen molar-refractivity contribution in [3.05, 3.63) is 18.2 Å². The van der Waals surface area contributed by atoms with Crippen molar-refractivity contribution in [3.63, 3.8) is 0 Å². The Balaban J connectivity index is 1.69. The van der Waals surface area contributed by atoms with E-state index in [1.165, 1.54) is 32.1 Å². The molecule has 18 heavy (non-hydrogen) atoms. The van der Waals surface area contributed by atoms with Crippen molar-refractivity contribution in [3.8, 4) is 0 Å². The zero-order valence-corrected chi connectivity index (χ0v) is 11.0. The third-order valence-corrected chi connectivity index (χ3v) is 3.72. The summed E-state index contributed by atoms with van der Waals surface area (Å²) in [6, 6.07) is 0. The number of amides is 1. The standard InChI is InChI=1S/C14H23N3O/c18-14(12-6-4-2-1-3-5-7-12)16-9-8-13-10-15-11-17-13/h10-12H,1-9H2,(H,15,17)(H,16,18). The second-order valence-corrected chi connectivity index (χ2v) is 5.16. The number of nitrogens with one attached hydrogen (secondary N) is 2. The number of H-pyrrole nitrogens is 1. The maximum Gasteiger partial charge on any atom is 0.223 e. The molecule has 1 aliphatic rings. The first-order valence-corrected chi connectivity index (χ1v) is 7.11. The number of carbonyl (C=O) groups is 1. The predicted octanol–water partition coefficient (Wildman–Crippen LogP) is 2.43. The van der Waals surface area contributed by atoms with Crippen LogP contribution >= 0.6 is 0 Å². The van der Waals surface area contributed by atoms with Gasteiger partial charge in [0.25, 0.3) is 0 Å². The molecular formula is C14H23N3O. The van der Waals surface area contributed by atoms with Gasteiger partial charge < -0.3 is 10.3 Å². The molecule has 1 aromatic heterocycles. The van der Waals surface area contributed by atoms with Crippen molar-refractivity contribution in [2.45, 2.75) is 51.4 Å². The number of carbonyl (C=O) groups excluding carboxylic acids is 1. The highest BCUT2D eigenvalue weighted by Crippen LogP contribution is 2.22. The van der Waals surface area contributed by atoms with E-state index < -0.39 is 0 Å². The lowest BCUT2D eigenvalue weighted by Gasteiger charge is -2.18. The van der Waals surface area contributed by atoms with Gasteiger partial charge in [0.2, 0.25) is 5.91 Å². The van der Waals surface area contributed by atoms with Gasteiger partial charge in [-0.3, -0.25) is 4.79 Å². The summed E-state index contributed by atoms with van der Waals surface area (Å²) < 4.78 is 0. The van der Waals surface area contributed by atoms with Crippen molar-refractivity contribution in [1.29, 1.82) is 0 Å². The molecule has 0 aliphatic heterocycles. The van der Waals surface area contributed by atoms with Crippen molar-refractivity contribution >= 4 is 5.91 Å². The molecule has 0 radical (unpaired) electrons. The van der Waals surface area contributed by atoms with Crippen molar-refractivity contribution in [2.75, 3.05) is 6.54 Å². The second-order valence-electron chi connectivity index (χ2n) is 5.16. The quantitative estimate of drug-likeness (QED) is 0.861. The summed E-state index contributed by atoms with van der Waals surface area (Å²) in [6.07, 6.45) is 12.8. The molecule has 1 heterocycles. The maximum absolute atomic E-state index is 12.1. The molecule has 2 rings (SSSR count). The smallest absolute Gasteiger partial charge is 0.223 e. The highest BCUT2D eigenvalue weighted by molar-refractivity contribution is 5.78. The van der Waals surface area contributed by atoms with Gasteiger partial charge in [0.15, 0.2) is 0 Å². The lowest BCUT2D eigenvalue weighted by atomic mass is 9.90. The number of nitrogens with zero attached hydrogens (tertiary/aromatic N) is 1. The minimum absolute atomic E-state index is 0.243. The van der Waals surface area contributed by atoms with E-state index in [1.807, 2.05) is 6.20 Å². The van der Waals surface area contributed by atoms with Crippen LogP contribution < -0.4 is 5.32 Å². The van der Waals surface area contributed by atoms with Crippen molar-refractivity contribution < 1.29 is 4.79 Å². The van der Waals surface area contributed by atoms with Gasteiger partial charge >= 0.3 is 0 Å². The minimum atomic E-state index is 0.243. The van der Waals surface area contributed by atoms with E-state index in [2.05, 4.69) is 15.3 Å². The van der Waals surface area contributed by atoms with Gasteiger partial charge in [-0.05, 0) is 12.8 Å². The fourth-order valence-electron chi connectivity index (χ4n) is 2.60. The van der Waals surface area contributed by atoms with Crippen LogP contribution in [0, 0.1) is 5.92 Å². The molecule has 0 atom stereocenters. The Kier molecular flexibility index (Phi) is 5.24. The van der Waals surface area contributed by atoms with E-state index in [0.717, 1.165) is 25.0 Å². The molecule has 1 amide bonds. The molecule has 0 bridgehead atoms. The van der Waals surface area contributed by atoms with Crippen LogP contribution in [-0.2, 0) is 11.2 Å². The minimum Gasteiger partial charge on any atom is -0.355 e. The summed E-state index contributed by atoms with van der Waals surface area (Å²) in [5, 5.41) is 3.05. The molecule has 1 aliphatic carbocycles. The van der Waals surface area contributed by atoms with Crippen LogP contribution in [0.1, 0.15) is 50.6 Å². The summed E-state index contributed by atoms with van der Waals surface area (Å²) in [4.78, 5) is 19.1. The number of hydrogen-bond acceptors (Lipinski definition) is 2. The Labute approximate surface area is 109 Å². The van der Waals surface area contributed by atoms with Gasteiger partial charge in [-0.2, -0.15) is 0 Å². The lowest BCUT2D eigenvalue weighted by Crippen LogP contribution is -2.32. The highest BCUT2D eigenvalue weighted by Gasteiger charge is 2.18. The number of rotatable bonds is 4. The molecule has 4 nitrogen and oxygen atoms in total. The summed E-state index contributed by atoms with van der Waals surface area (Å²) in [5.41, 5.74) is 1.08. The lowest BCUT2D eigenvalue weighted by molar-refractivity contribution is -0.125. The fourth-order valence-corrected chi connectivity index (χ4v) is 2.60.